The van der Waals surface area contributed by atoms with Crippen LogP contribution in [-0.2, 0) is 0 Å². The smallest absolute Gasteiger partial charge is 0.310 e. The third kappa shape index (κ3) is 3.42. The highest BCUT2D eigenvalue weighted by atomic mass is 16.6. The van der Waals surface area contributed by atoms with E-state index >= 15 is 0 Å². The van der Waals surface area contributed by atoms with Gasteiger partial charge in [-0.05, 0) is 12.1 Å². The maximum atomic E-state index is 11.0. The van der Waals surface area contributed by atoms with Crippen LogP contribution in [0.1, 0.15) is 6.42 Å². The summed E-state index contributed by atoms with van der Waals surface area (Å²) in [5, 5.41) is 41.9. The minimum atomic E-state index is -0.667. The van der Waals surface area contributed by atoms with E-state index in [4.69, 9.17) is 9.47 Å². The molecule has 0 saturated carbocycles. The molecule has 2 aromatic rings. The molecule has 0 amide bonds. The molecular formula is C20H20N4O8. The molecule has 0 aromatic heterocycles. The SMILES string of the molecule is O=[N+]([O-])c1ccc(OC23CN4CN(C2)CC(Oc2ccc([N+](=O)[O-])c(O)c2)(C4)C3)cc1O. The number of nitro benzene ring substituents is 2. The number of phenolic OH excluding ortho intramolecular Hbond substituents is 2. The molecule has 12 heteroatoms. The second-order valence-electron chi connectivity index (χ2n) is 8.68. The molecule has 0 unspecified atom stereocenters. The Balaban J connectivity index is 1.41. The molecule has 0 radical (unpaired) electrons. The van der Waals surface area contributed by atoms with Gasteiger partial charge >= 0.3 is 11.4 Å². The largest absolute Gasteiger partial charge is 0.502 e. The lowest BCUT2D eigenvalue weighted by molar-refractivity contribution is -0.386. The van der Waals surface area contributed by atoms with Crippen LogP contribution in [0.2, 0.25) is 0 Å². The van der Waals surface area contributed by atoms with Crippen molar-refractivity contribution in [2.24, 2.45) is 0 Å². The summed E-state index contributed by atoms with van der Waals surface area (Å²) in [5.41, 5.74) is -2.12. The molecule has 32 heavy (non-hydrogen) atoms. The molecule has 4 saturated heterocycles. The van der Waals surface area contributed by atoms with Crippen molar-refractivity contribution in [1.29, 1.82) is 0 Å². The van der Waals surface area contributed by atoms with Gasteiger partial charge in [-0.3, -0.25) is 30.0 Å². The van der Waals surface area contributed by atoms with E-state index in [2.05, 4.69) is 9.80 Å². The fraction of sp³-hybridized carbons (Fsp3) is 0.400. The first kappa shape index (κ1) is 20.3. The van der Waals surface area contributed by atoms with Gasteiger partial charge in [-0.2, -0.15) is 0 Å². The molecule has 12 nitrogen and oxygen atoms in total. The highest BCUT2D eigenvalue weighted by Crippen LogP contribution is 2.45. The van der Waals surface area contributed by atoms with E-state index in [1.165, 1.54) is 36.4 Å². The Morgan fingerprint density at radius 1 is 0.781 bits per heavy atom. The van der Waals surface area contributed by atoms with Crippen LogP contribution in [0, 0.1) is 20.2 Å². The van der Waals surface area contributed by atoms with E-state index in [1.54, 1.807) is 0 Å². The number of hydrogen-bond acceptors (Lipinski definition) is 10. The van der Waals surface area contributed by atoms with E-state index in [9.17, 15) is 30.4 Å². The monoisotopic (exact) mass is 444 g/mol. The van der Waals surface area contributed by atoms with Crippen molar-refractivity contribution in [3.8, 4) is 23.0 Å². The van der Waals surface area contributed by atoms with Gasteiger partial charge in [0, 0.05) is 56.9 Å². The third-order valence-corrected chi connectivity index (χ3v) is 6.05. The van der Waals surface area contributed by atoms with Gasteiger partial charge in [0.15, 0.2) is 11.5 Å². The average molecular weight is 444 g/mol. The lowest BCUT2D eigenvalue weighted by Crippen LogP contribution is -2.79. The molecule has 0 atom stereocenters. The first-order valence-corrected chi connectivity index (χ1v) is 9.94. The fourth-order valence-corrected chi connectivity index (χ4v) is 5.28. The van der Waals surface area contributed by atoms with Crippen LogP contribution in [0.5, 0.6) is 23.0 Å². The van der Waals surface area contributed by atoms with Crippen molar-refractivity contribution >= 4 is 11.4 Å². The van der Waals surface area contributed by atoms with Gasteiger partial charge in [0.2, 0.25) is 0 Å². The van der Waals surface area contributed by atoms with Crippen molar-refractivity contribution < 1.29 is 29.5 Å². The van der Waals surface area contributed by atoms with Crippen LogP contribution in [0.4, 0.5) is 11.4 Å². The predicted molar refractivity (Wildman–Crippen MR) is 109 cm³/mol. The maximum Gasteiger partial charge on any atom is 0.310 e. The van der Waals surface area contributed by atoms with Crippen LogP contribution >= 0.6 is 0 Å². The van der Waals surface area contributed by atoms with Crippen LogP contribution < -0.4 is 9.47 Å². The Kier molecular flexibility index (Phi) is 4.39. The fourth-order valence-electron chi connectivity index (χ4n) is 5.28. The number of phenols is 2. The number of rotatable bonds is 6. The number of piperidine rings is 2. The summed E-state index contributed by atoms with van der Waals surface area (Å²) in [6.45, 7) is 3.23. The second kappa shape index (κ2) is 6.93. The molecule has 6 rings (SSSR count). The van der Waals surface area contributed by atoms with E-state index in [0.717, 1.165) is 6.67 Å². The summed E-state index contributed by atoms with van der Waals surface area (Å²) in [6, 6.07) is 7.81. The number of benzene rings is 2. The van der Waals surface area contributed by atoms with Crippen molar-refractivity contribution in [3.63, 3.8) is 0 Å². The zero-order valence-electron chi connectivity index (χ0n) is 16.8. The minimum Gasteiger partial charge on any atom is -0.502 e. The van der Waals surface area contributed by atoms with Gasteiger partial charge in [-0.1, -0.05) is 0 Å². The Bertz CT molecular complexity index is 1030. The molecule has 4 aliphatic heterocycles. The summed E-state index contributed by atoms with van der Waals surface area (Å²) in [5.74, 6) is -0.295. The summed E-state index contributed by atoms with van der Waals surface area (Å²) in [4.78, 5) is 24.9. The Labute approximate surface area is 181 Å². The molecular weight excluding hydrogens is 424 g/mol. The summed E-state index contributed by atoms with van der Waals surface area (Å²) in [7, 11) is 0. The number of ether oxygens (including phenoxy) is 2. The van der Waals surface area contributed by atoms with Gasteiger partial charge in [0.25, 0.3) is 0 Å². The maximum absolute atomic E-state index is 11.0. The molecule has 0 aliphatic carbocycles. The lowest BCUT2D eigenvalue weighted by atomic mass is 9.75. The first-order chi connectivity index (χ1) is 15.2. The van der Waals surface area contributed by atoms with Crippen LogP contribution in [0.25, 0.3) is 0 Å². The first-order valence-electron chi connectivity index (χ1n) is 9.94. The number of nitrogens with zero attached hydrogens (tertiary/aromatic N) is 4. The number of aromatic hydroxyl groups is 2. The molecule has 2 N–H and O–H groups in total. The van der Waals surface area contributed by atoms with Gasteiger partial charge in [-0.25, -0.2) is 0 Å². The van der Waals surface area contributed by atoms with Gasteiger partial charge < -0.3 is 19.7 Å². The van der Waals surface area contributed by atoms with Gasteiger partial charge in [-0.15, -0.1) is 0 Å². The highest BCUT2D eigenvalue weighted by Gasteiger charge is 2.59. The molecule has 4 fully saturated rings. The van der Waals surface area contributed by atoms with Crippen molar-refractivity contribution in [2.45, 2.75) is 17.6 Å². The number of nitro groups is 2. The minimum absolute atomic E-state index is 0.320. The van der Waals surface area contributed by atoms with Crippen molar-refractivity contribution in [2.75, 3.05) is 32.8 Å². The van der Waals surface area contributed by atoms with Crippen molar-refractivity contribution in [3.05, 3.63) is 56.6 Å². The van der Waals surface area contributed by atoms with E-state index in [1.807, 2.05) is 0 Å². The standard InChI is InChI=1S/C20H20N4O8/c25-17-5-13(1-3-15(17)23(27)28)31-19-7-20(10-21(8-19)12-22(9-19)11-20)32-14-2-4-16(24(29)30)18(26)6-14/h1-6,25-26H,7-12H2. The number of hydrogen-bond donors (Lipinski definition) is 2. The average Bonchev–Trinajstić information content (AvgIpc) is 2.65. The van der Waals surface area contributed by atoms with E-state index in [0.29, 0.717) is 44.1 Å². The Morgan fingerprint density at radius 3 is 1.53 bits per heavy atom. The molecule has 168 valence electrons. The van der Waals surface area contributed by atoms with E-state index in [-0.39, 0.29) is 0 Å². The van der Waals surface area contributed by atoms with Gasteiger partial charge in [0.1, 0.15) is 22.7 Å². The quantitative estimate of drug-likeness (QED) is 0.499. The summed E-state index contributed by atoms with van der Waals surface area (Å²) < 4.78 is 12.6. The zero-order chi connectivity index (χ0) is 22.7. The molecule has 0 spiro atoms. The Hall–Kier alpha value is -3.64. The van der Waals surface area contributed by atoms with Crippen molar-refractivity contribution in [1.82, 2.24) is 9.80 Å². The topological polar surface area (TPSA) is 152 Å². The normalized spacial score (nSPS) is 30.1. The van der Waals surface area contributed by atoms with Crippen LogP contribution in [0.15, 0.2) is 36.4 Å². The molecule has 4 heterocycles. The van der Waals surface area contributed by atoms with Gasteiger partial charge in [0.05, 0.1) is 16.5 Å². The van der Waals surface area contributed by atoms with E-state index < -0.39 is 43.9 Å². The lowest BCUT2D eigenvalue weighted by Gasteiger charge is -2.62. The Morgan fingerprint density at radius 2 is 1.19 bits per heavy atom. The molecule has 4 bridgehead atoms. The van der Waals surface area contributed by atoms with Crippen LogP contribution in [0.3, 0.4) is 0 Å². The zero-order valence-corrected chi connectivity index (χ0v) is 16.8. The van der Waals surface area contributed by atoms with Crippen LogP contribution in [-0.4, -0.2) is 73.9 Å². The predicted octanol–water partition coefficient (Wildman–Crippen LogP) is 1.84. The third-order valence-electron chi connectivity index (χ3n) is 6.05. The second-order valence-corrected chi connectivity index (χ2v) is 8.68. The summed E-state index contributed by atoms with van der Waals surface area (Å²) in [6.07, 6.45) is 0.502. The molecule has 2 aromatic carbocycles. The molecule has 4 aliphatic rings. The summed E-state index contributed by atoms with van der Waals surface area (Å²) >= 11 is 0. The highest BCUT2D eigenvalue weighted by molar-refractivity contribution is 5.50.